The Morgan fingerprint density at radius 1 is 0.351 bits per heavy atom. The van der Waals surface area contributed by atoms with Crippen molar-refractivity contribution in [1.82, 2.24) is 4.57 Å². The fourth-order valence-electron chi connectivity index (χ4n) is 6.11. The van der Waals surface area contributed by atoms with E-state index in [1.165, 1.54) is 70.9 Å². The quantitative estimate of drug-likeness (QED) is 0.175. The molecule has 37 heavy (non-hydrogen) atoms. The standard InChI is InChI=1S/C36H23N/c1-2-10-25(11-3-1)36-28-13-5-4-12-26(28)22-33-31(36)21-19-24-18-20-27(23-32(24)33)37-34-16-8-6-14-29(34)30-15-7-9-17-35(30)37/h1-23H. The van der Waals surface area contributed by atoms with Gasteiger partial charge in [-0.25, -0.2) is 0 Å². The minimum Gasteiger partial charge on any atom is -0.309 e. The van der Waals surface area contributed by atoms with Crippen molar-refractivity contribution in [1.29, 1.82) is 0 Å². The molecule has 0 radical (unpaired) electrons. The first-order chi connectivity index (χ1) is 18.4. The lowest BCUT2D eigenvalue weighted by atomic mass is 9.90. The van der Waals surface area contributed by atoms with Crippen molar-refractivity contribution in [3.63, 3.8) is 0 Å². The first kappa shape index (κ1) is 20.3. The zero-order valence-corrected chi connectivity index (χ0v) is 20.2. The van der Waals surface area contributed by atoms with Gasteiger partial charge in [0.2, 0.25) is 0 Å². The zero-order chi connectivity index (χ0) is 24.3. The molecular formula is C36H23N. The van der Waals surface area contributed by atoms with E-state index in [1.54, 1.807) is 0 Å². The summed E-state index contributed by atoms with van der Waals surface area (Å²) in [6.07, 6.45) is 0. The van der Waals surface area contributed by atoms with E-state index >= 15 is 0 Å². The van der Waals surface area contributed by atoms with E-state index in [-0.39, 0.29) is 0 Å². The van der Waals surface area contributed by atoms with Gasteiger partial charge in [-0.3, -0.25) is 0 Å². The summed E-state index contributed by atoms with van der Waals surface area (Å²) in [7, 11) is 0. The SMILES string of the molecule is c1ccc(-c2c3ccccc3cc3c2ccc2ccc(-n4c5ccccc5c5ccccc54)cc23)cc1. The summed E-state index contributed by atoms with van der Waals surface area (Å²) in [5.41, 5.74) is 6.21. The van der Waals surface area contributed by atoms with Crippen LogP contribution in [0.5, 0.6) is 0 Å². The van der Waals surface area contributed by atoms with Crippen LogP contribution in [0.25, 0.3) is 70.9 Å². The average molecular weight is 470 g/mol. The van der Waals surface area contributed by atoms with Gasteiger partial charge < -0.3 is 4.57 Å². The summed E-state index contributed by atoms with van der Waals surface area (Å²) < 4.78 is 2.40. The number of nitrogens with zero attached hydrogens (tertiary/aromatic N) is 1. The van der Waals surface area contributed by atoms with Gasteiger partial charge >= 0.3 is 0 Å². The lowest BCUT2D eigenvalue weighted by molar-refractivity contribution is 1.19. The number of fused-ring (bicyclic) bond motifs is 7. The van der Waals surface area contributed by atoms with E-state index in [0.29, 0.717) is 0 Å². The van der Waals surface area contributed by atoms with Crippen molar-refractivity contribution in [2.24, 2.45) is 0 Å². The van der Waals surface area contributed by atoms with Gasteiger partial charge in [0, 0.05) is 16.5 Å². The molecule has 1 heteroatoms. The number of rotatable bonds is 2. The van der Waals surface area contributed by atoms with Gasteiger partial charge in [-0.15, -0.1) is 0 Å². The van der Waals surface area contributed by atoms with Crippen molar-refractivity contribution in [2.75, 3.05) is 0 Å². The molecule has 172 valence electrons. The molecular weight excluding hydrogens is 446 g/mol. The topological polar surface area (TPSA) is 4.93 Å². The molecule has 0 spiro atoms. The van der Waals surface area contributed by atoms with Crippen LogP contribution in [-0.4, -0.2) is 4.57 Å². The summed E-state index contributed by atoms with van der Waals surface area (Å²) in [4.78, 5) is 0. The highest BCUT2D eigenvalue weighted by molar-refractivity contribution is 6.20. The Hall–Kier alpha value is -4.88. The Labute approximate surface area is 214 Å². The second-order valence-electron chi connectivity index (χ2n) is 9.77. The second kappa shape index (κ2) is 7.81. The molecule has 0 N–H and O–H groups in total. The molecule has 0 aliphatic rings. The van der Waals surface area contributed by atoms with Gasteiger partial charge in [0.1, 0.15) is 0 Å². The van der Waals surface area contributed by atoms with Gasteiger partial charge in [-0.1, -0.05) is 109 Å². The molecule has 1 heterocycles. The number of aromatic nitrogens is 1. The summed E-state index contributed by atoms with van der Waals surface area (Å²) in [5, 5.41) is 10.2. The van der Waals surface area contributed by atoms with Crippen LogP contribution in [-0.2, 0) is 0 Å². The van der Waals surface area contributed by atoms with E-state index in [2.05, 4.69) is 144 Å². The van der Waals surface area contributed by atoms with Gasteiger partial charge in [-0.05, 0) is 73.8 Å². The Bertz CT molecular complexity index is 2080. The number of hydrogen-bond donors (Lipinski definition) is 0. The summed E-state index contributed by atoms with van der Waals surface area (Å²) in [5.74, 6) is 0. The van der Waals surface area contributed by atoms with E-state index in [4.69, 9.17) is 0 Å². The summed E-state index contributed by atoms with van der Waals surface area (Å²) in [6.45, 7) is 0. The van der Waals surface area contributed by atoms with Crippen LogP contribution in [0, 0.1) is 0 Å². The monoisotopic (exact) mass is 469 g/mol. The van der Waals surface area contributed by atoms with Gasteiger partial charge in [-0.2, -0.15) is 0 Å². The molecule has 0 saturated carbocycles. The molecule has 0 amide bonds. The van der Waals surface area contributed by atoms with E-state index < -0.39 is 0 Å². The van der Waals surface area contributed by atoms with Crippen LogP contribution in [0.15, 0.2) is 140 Å². The van der Waals surface area contributed by atoms with Crippen LogP contribution in [0.3, 0.4) is 0 Å². The molecule has 1 aromatic heterocycles. The van der Waals surface area contributed by atoms with Crippen LogP contribution in [0.2, 0.25) is 0 Å². The molecule has 7 aromatic carbocycles. The first-order valence-corrected chi connectivity index (χ1v) is 12.8. The predicted molar refractivity (Wildman–Crippen MR) is 159 cm³/mol. The third kappa shape index (κ3) is 2.98. The second-order valence-corrected chi connectivity index (χ2v) is 9.77. The van der Waals surface area contributed by atoms with E-state index in [9.17, 15) is 0 Å². The lowest BCUT2D eigenvalue weighted by Gasteiger charge is -2.15. The molecule has 8 aromatic rings. The highest BCUT2D eigenvalue weighted by atomic mass is 15.0. The molecule has 8 rings (SSSR count). The maximum atomic E-state index is 2.40. The molecule has 0 atom stereocenters. The van der Waals surface area contributed by atoms with Crippen molar-refractivity contribution in [2.45, 2.75) is 0 Å². The zero-order valence-electron chi connectivity index (χ0n) is 20.2. The smallest absolute Gasteiger partial charge is 0.0541 e. The molecule has 0 bridgehead atoms. The summed E-state index contributed by atoms with van der Waals surface area (Å²) >= 11 is 0. The molecule has 0 unspecified atom stereocenters. The number of benzene rings is 7. The number of hydrogen-bond acceptors (Lipinski definition) is 0. The van der Waals surface area contributed by atoms with Crippen molar-refractivity contribution < 1.29 is 0 Å². The molecule has 0 aliphatic heterocycles. The molecule has 0 fully saturated rings. The largest absolute Gasteiger partial charge is 0.309 e. The first-order valence-electron chi connectivity index (χ1n) is 12.8. The van der Waals surface area contributed by atoms with E-state index in [0.717, 1.165) is 0 Å². The third-order valence-corrected chi connectivity index (χ3v) is 7.75. The maximum absolute atomic E-state index is 2.40. The third-order valence-electron chi connectivity index (χ3n) is 7.75. The minimum absolute atomic E-state index is 1.19. The Morgan fingerprint density at radius 3 is 1.73 bits per heavy atom. The van der Waals surface area contributed by atoms with Crippen LogP contribution < -0.4 is 0 Å². The van der Waals surface area contributed by atoms with Gasteiger partial charge in [0.05, 0.1) is 11.0 Å². The predicted octanol–water partition coefficient (Wildman–Crippen LogP) is 9.91. The Kier molecular flexibility index (Phi) is 4.29. The van der Waals surface area contributed by atoms with Crippen molar-refractivity contribution in [3.05, 3.63) is 140 Å². The van der Waals surface area contributed by atoms with Crippen molar-refractivity contribution in [3.8, 4) is 16.8 Å². The highest BCUT2D eigenvalue weighted by Crippen LogP contribution is 2.40. The molecule has 0 saturated heterocycles. The average Bonchev–Trinajstić information content (AvgIpc) is 3.30. The van der Waals surface area contributed by atoms with Crippen LogP contribution in [0.1, 0.15) is 0 Å². The molecule has 1 nitrogen and oxygen atoms in total. The van der Waals surface area contributed by atoms with Crippen LogP contribution in [0.4, 0.5) is 0 Å². The fourth-order valence-corrected chi connectivity index (χ4v) is 6.11. The van der Waals surface area contributed by atoms with Crippen LogP contribution >= 0.6 is 0 Å². The summed E-state index contributed by atoms with van der Waals surface area (Å²) in [6, 6.07) is 50.8. The highest BCUT2D eigenvalue weighted by Gasteiger charge is 2.15. The maximum Gasteiger partial charge on any atom is 0.0541 e. The minimum atomic E-state index is 1.19. The number of para-hydroxylation sites is 2. The van der Waals surface area contributed by atoms with Crippen molar-refractivity contribution >= 4 is 54.1 Å². The molecule has 0 aliphatic carbocycles. The Morgan fingerprint density at radius 2 is 0.973 bits per heavy atom. The van der Waals surface area contributed by atoms with Gasteiger partial charge in [0.15, 0.2) is 0 Å². The van der Waals surface area contributed by atoms with E-state index in [1.807, 2.05) is 0 Å². The van der Waals surface area contributed by atoms with Gasteiger partial charge in [0.25, 0.3) is 0 Å². The lowest BCUT2D eigenvalue weighted by Crippen LogP contribution is -1.94. The normalized spacial score (nSPS) is 11.8. The fraction of sp³-hybridized carbons (Fsp3) is 0. The Balaban J connectivity index is 1.50.